The molecule has 0 aromatic heterocycles. The fourth-order valence-corrected chi connectivity index (χ4v) is 7.77. The molecule has 5 aliphatic rings. The number of allylic oxidation sites excluding steroid dienone is 4. The van der Waals surface area contributed by atoms with Gasteiger partial charge in [0, 0.05) is 23.2 Å². The zero-order chi connectivity index (χ0) is 19.0. The summed E-state index contributed by atoms with van der Waals surface area (Å²) in [6, 6.07) is 0. The van der Waals surface area contributed by atoms with Crippen molar-refractivity contribution in [2.24, 2.45) is 40.4 Å². The van der Waals surface area contributed by atoms with Crippen molar-refractivity contribution in [3.63, 3.8) is 0 Å². The van der Waals surface area contributed by atoms with E-state index in [1.165, 1.54) is 5.57 Å². The van der Waals surface area contributed by atoms with E-state index in [0.29, 0.717) is 31.0 Å². The second kappa shape index (κ2) is 5.77. The molecule has 0 aromatic carbocycles. The highest BCUT2D eigenvalue weighted by atomic mass is 16.7. The minimum atomic E-state index is -0.495. The van der Waals surface area contributed by atoms with Crippen molar-refractivity contribution in [3.8, 4) is 0 Å². The lowest BCUT2D eigenvalue weighted by molar-refractivity contribution is -0.258. The van der Waals surface area contributed by atoms with Crippen molar-refractivity contribution in [1.82, 2.24) is 0 Å². The van der Waals surface area contributed by atoms with Crippen molar-refractivity contribution in [2.45, 2.75) is 58.3 Å². The predicted octanol–water partition coefficient (Wildman–Crippen LogP) is 3.50. The van der Waals surface area contributed by atoms with Crippen LogP contribution in [0.5, 0.6) is 0 Å². The van der Waals surface area contributed by atoms with Crippen LogP contribution in [0.25, 0.3) is 0 Å². The van der Waals surface area contributed by atoms with Crippen molar-refractivity contribution in [1.29, 1.82) is 0 Å². The van der Waals surface area contributed by atoms with Crippen LogP contribution in [0.4, 0.5) is 0 Å². The van der Waals surface area contributed by atoms with Gasteiger partial charge in [0.25, 0.3) is 0 Å². The molecule has 1 heterocycles. The lowest BCUT2D eigenvalue weighted by Crippen LogP contribution is -2.61. The van der Waals surface area contributed by atoms with E-state index in [0.717, 1.165) is 32.0 Å². The molecule has 27 heavy (non-hydrogen) atoms. The molecular weight excluding hydrogens is 340 g/mol. The molecule has 4 nitrogen and oxygen atoms in total. The standard InChI is InChI=1S/C23H32O4/c1-14-10-16-11-15(13-24)4-6-21(16,2)20-18(25)12-22(3)17(19(14)20)5-7-23(22)26-8-9-27-23/h4,6,11,13-15,17-20,25H,5,7-10,12H2,1-3H3/t14-,15?,17+,18+,19+,20+,21+,22+/m1/s1. The molecular formula is C23H32O4. The maximum atomic E-state index is 11.5. The number of aliphatic hydroxyl groups excluding tert-OH is 1. The molecule has 0 aromatic rings. The molecule has 148 valence electrons. The van der Waals surface area contributed by atoms with Crippen LogP contribution in [0.3, 0.4) is 0 Å². The lowest BCUT2D eigenvalue weighted by Gasteiger charge is -2.61. The molecule has 3 saturated carbocycles. The van der Waals surface area contributed by atoms with E-state index >= 15 is 0 Å². The van der Waals surface area contributed by atoms with Gasteiger partial charge in [0.15, 0.2) is 5.79 Å². The third-order valence-corrected chi connectivity index (χ3v) is 8.95. The summed E-state index contributed by atoms with van der Waals surface area (Å²) >= 11 is 0. The number of carbonyl (C=O) groups excluding carboxylic acids is 1. The normalized spacial score (nSPS) is 52.8. The molecule has 1 unspecified atom stereocenters. The van der Waals surface area contributed by atoms with Gasteiger partial charge in [0.1, 0.15) is 6.29 Å². The van der Waals surface area contributed by atoms with Crippen molar-refractivity contribution in [3.05, 3.63) is 23.8 Å². The third-order valence-electron chi connectivity index (χ3n) is 8.95. The number of aldehydes is 1. The maximum Gasteiger partial charge on any atom is 0.174 e. The number of ether oxygens (including phenoxy) is 2. The Morgan fingerprint density at radius 1 is 1.26 bits per heavy atom. The molecule has 0 radical (unpaired) electrons. The monoisotopic (exact) mass is 372 g/mol. The summed E-state index contributed by atoms with van der Waals surface area (Å²) < 4.78 is 12.4. The van der Waals surface area contributed by atoms with E-state index in [2.05, 4.69) is 32.9 Å². The topological polar surface area (TPSA) is 55.8 Å². The van der Waals surface area contributed by atoms with Crippen LogP contribution in [0.15, 0.2) is 23.8 Å². The van der Waals surface area contributed by atoms with E-state index in [4.69, 9.17) is 9.47 Å². The number of fused-ring (bicyclic) bond motifs is 6. The SMILES string of the molecule is C[C@@H]1CC2=CC(C=O)C=C[C@]2(C)[C@@H]2[C@@H]1[C@@H]1CCC3(OCCO3)[C@@]1(C)C[C@@H]2O. The number of hydrogen-bond donors (Lipinski definition) is 1. The van der Waals surface area contributed by atoms with Crippen LogP contribution in [-0.2, 0) is 14.3 Å². The van der Waals surface area contributed by atoms with E-state index in [9.17, 15) is 9.90 Å². The van der Waals surface area contributed by atoms with Crippen LogP contribution in [0.2, 0.25) is 0 Å². The number of aliphatic hydroxyl groups is 1. The first-order valence-corrected chi connectivity index (χ1v) is 10.7. The zero-order valence-corrected chi connectivity index (χ0v) is 16.7. The van der Waals surface area contributed by atoms with Gasteiger partial charge in [0.05, 0.1) is 25.2 Å². The van der Waals surface area contributed by atoms with Gasteiger partial charge in [-0.25, -0.2) is 0 Å². The van der Waals surface area contributed by atoms with Gasteiger partial charge in [0.2, 0.25) is 0 Å². The fourth-order valence-electron chi connectivity index (χ4n) is 7.77. The highest BCUT2D eigenvalue weighted by molar-refractivity contribution is 5.62. The van der Waals surface area contributed by atoms with Gasteiger partial charge in [-0.05, 0) is 37.0 Å². The van der Waals surface area contributed by atoms with Crippen molar-refractivity contribution >= 4 is 6.29 Å². The van der Waals surface area contributed by atoms with E-state index in [-0.39, 0.29) is 28.8 Å². The van der Waals surface area contributed by atoms with Crippen molar-refractivity contribution < 1.29 is 19.4 Å². The Hall–Kier alpha value is -0.970. The molecule has 1 saturated heterocycles. The number of hydrogen-bond acceptors (Lipinski definition) is 4. The average molecular weight is 373 g/mol. The molecule has 1 aliphatic heterocycles. The molecule has 1 N–H and O–H groups in total. The lowest BCUT2D eigenvalue weighted by atomic mass is 9.45. The molecule has 4 aliphatic carbocycles. The van der Waals surface area contributed by atoms with Gasteiger partial charge in [-0.1, -0.05) is 44.6 Å². The Kier molecular flexibility index (Phi) is 3.87. The van der Waals surface area contributed by atoms with Crippen LogP contribution >= 0.6 is 0 Å². The molecule has 4 fully saturated rings. The highest BCUT2D eigenvalue weighted by Crippen LogP contribution is 2.69. The molecule has 0 bridgehead atoms. The Bertz CT molecular complexity index is 705. The maximum absolute atomic E-state index is 11.5. The Labute approximate surface area is 162 Å². The summed E-state index contributed by atoms with van der Waals surface area (Å²) in [4.78, 5) is 11.3. The van der Waals surface area contributed by atoms with Gasteiger partial charge in [-0.15, -0.1) is 0 Å². The predicted molar refractivity (Wildman–Crippen MR) is 102 cm³/mol. The minimum absolute atomic E-state index is 0.113. The summed E-state index contributed by atoms with van der Waals surface area (Å²) in [6.07, 6.45) is 10.9. The molecule has 1 spiro atoms. The van der Waals surface area contributed by atoms with Gasteiger partial charge < -0.3 is 19.4 Å². The Morgan fingerprint density at radius 2 is 2.00 bits per heavy atom. The largest absolute Gasteiger partial charge is 0.393 e. The Morgan fingerprint density at radius 3 is 2.70 bits per heavy atom. The van der Waals surface area contributed by atoms with E-state index in [1.54, 1.807) is 0 Å². The van der Waals surface area contributed by atoms with Crippen LogP contribution in [0.1, 0.15) is 46.5 Å². The number of carbonyl (C=O) groups is 1. The second-order valence-corrected chi connectivity index (χ2v) is 10.1. The van der Waals surface area contributed by atoms with Crippen LogP contribution in [0, 0.1) is 40.4 Å². The Balaban J connectivity index is 1.56. The quantitative estimate of drug-likeness (QED) is 0.565. The van der Waals surface area contributed by atoms with Gasteiger partial charge >= 0.3 is 0 Å². The average Bonchev–Trinajstić information content (AvgIpc) is 3.22. The summed E-state index contributed by atoms with van der Waals surface area (Å²) in [5.41, 5.74) is 1.07. The molecule has 0 amide bonds. The first-order chi connectivity index (χ1) is 12.8. The third kappa shape index (κ3) is 2.18. The fraction of sp³-hybridized carbons (Fsp3) is 0.783. The summed E-state index contributed by atoms with van der Waals surface area (Å²) in [6.45, 7) is 8.26. The van der Waals surface area contributed by atoms with Crippen molar-refractivity contribution in [2.75, 3.05) is 13.2 Å². The first-order valence-electron chi connectivity index (χ1n) is 10.7. The first kappa shape index (κ1) is 18.1. The van der Waals surface area contributed by atoms with Gasteiger partial charge in [-0.3, -0.25) is 0 Å². The zero-order valence-electron chi connectivity index (χ0n) is 16.7. The highest BCUT2D eigenvalue weighted by Gasteiger charge is 2.69. The van der Waals surface area contributed by atoms with Gasteiger partial charge in [-0.2, -0.15) is 0 Å². The molecule has 4 heteroatoms. The van der Waals surface area contributed by atoms with Crippen LogP contribution < -0.4 is 0 Å². The van der Waals surface area contributed by atoms with Crippen LogP contribution in [-0.4, -0.2) is 36.5 Å². The smallest absolute Gasteiger partial charge is 0.174 e. The van der Waals surface area contributed by atoms with E-state index in [1.807, 2.05) is 6.08 Å². The second-order valence-electron chi connectivity index (χ2n) is 10.1. The summed E-state index contributed by atoms with van der Waals surface area (Å²) in [5, 5.41) is 11.5. The minimum Gasteiger partial charge on any atom is -0.393 e. The molecule has 8 atom stereocenters. The number of rotatable bonds is 1. The summed E-state index contributed by atoms with van der Waals surface area (Å²) in [7, 11) is 0. The van der Waals surface area contributed by atoms with E-state index < -0.39 is 5.79 Å². The molecule has 5 rings (SSSR count). The summed E-state index contributed by atoms with van der Waals surface area (Å²) in [5.74, 6) is 1.04.